The van der Waals surface area contributed by atoms with E-state index in [-0.39, 0.29) is 5.91 Å². The van der Waals surface area contributed by atoms with Gasteiger partial charge in [0.05, 0.1) is 17.8 Å². The quantitative estimate of drug-likeness (QED) is 0.616. The van der Waals surface area contributed by atoms with Gasteiger partial charge in [-0.05, 0) is 49.4 Å². The molecule has 7 nitrogen and oxygen atoms in total. The van der Waals surface area contributed by atoms with Crippen LogP contribution in [-0.2, 0) is 11.3 Å². The summed E-state index contributed by atoms with van der Waals surface area (Å²) in [5, 5.41) is 4.75. The van der Waals surface area contributed by atoms with Crippen molar-refractivity contribution < 1.29 is 19.1 Å². The smallest absolute Gasteiger partial charge is 0.413 e. The second-order valence-corrected chi connectivity index (χ2v) is 6.77. The van der Waals surface area contributed by atoms with Crippen molar-refractivity contribution in [1.29, 1.82) is 0 Å². The summed E-state index contributed by atoms with van der Waals surface area (Å²) in [6.07, 6.45) is -0.432. The molecule has 3 aromatic rings. The fraction of sp³-hybridized carbons (Fsp3) is 0.190. The Bertz CT molecular complexity index is 958. The summed E-state index contributed by atoms with van der Waals surface area (Å²) in [4.78, 5) is 29.9. The van der Waals surface area contributed by atoms with Crippen molar-refractivity contribution in [1.82, 2.24) is 4.98 Å². The van der Waals surface area contributed by atoms with E-state index in [2.05, 4.69) is 10.3 Å². The number of nitrogens with zero attached hydrogens (tertiary/aromatic N) is 2. The molecule has 0 saturated heterocycles. The SMILES string of the molecule is CCOC(=O)N(C)c1ccc(NC(=O)c2cccc(OCc3cscn3)c2)cc1. The number of carbonyl (C=O) groups excluding carboxylic acids is 2. The molecule has 1 aromatic heterocycles. The lowest BCUT2D eigenvalue weighted by molar-refractivity contribution is 0.102. The maximum absolute atomic E-state index is 12.5. The first-order chi connectivity index (χ1) is 14.1. The molecule has 1 N–H and O–H groups in total. The van der Waals surface area contributed by atoms with Crippen LogP contribution in [0.3, 0.4) is 0 Å². The number of amides is 2. The van der Waals surface area contributed by atoms with Gasteiger partial charge in [-0.3, -0.25) is 9.69 Å². The van der Waals surface area contributed by atoms with Gasteiger partial charge in [0.2, 0.25) is 0 Å². The molecule has 8 heteroatoms. The third-order valence-corrected chi connectivity index (χ3v) is 4.66. The normalized spacial score (nSPS) is 10.3. The summed E-state index contributed by atoms with van der Waals surface area (Å²) in [6.45, 7) is 2.41. The van der Waals surface area contributed by atoms with Crippen LogP contribution >= 0.6 is 11.3 Å². The molecule has 0 spiro atoms. The first kappa shape index (κ1) is 20.3. The molecule has 0 atom stereocenters. The van der Waals surface area contributed by atoms with Gasteiger partial charge < -0.3 is 14.8 Å². The van der Waals surface area contributed by atoms with Crippen molar-refractivity contribution in [2.45, 2.75) is 13.5 Å². The highest BCUT2D eigenvalue weighted by Crippen LogP contribution is 2.20. The molecule has 29 heavy (non-hydrogen) atoms. The highest BCUT2D eigenvalue weighted by Gasteiger charge is 2.12. The number of anilines is 2. The molecule has 0 radical (unpaired) electrons. The zero-order valence-corrected chi connectivity index (χ0v) is 16.9. The van der Waals surface area contributed by atoms with Crippen molar-refractivity contribution in [2.75, 3.05) is 23.9 Å². The lowest BCUT2D eigenvalue weighted by atomic mass is 10.2. The highest BCUT2D eigenvalue weighted by atomic mass is 32.1. The summed E-state index contributed by atoms with van der Waals surface area (Å²) in [5.74, 6) is 0.340. The van der Waals surface area contributed by atoms with E-state index >= 15 is 0 Å². The summed E-state index contributed by atoms with van der Waals surface area (Å²) in [6, 6.07) is 13.9. The van der Waals surface area contributed by atoms with Crippen LogP contribution < -0.4 is 15.0 Å². The van der Waals surface area contributed by atoms with Crippen molar-refractivity contribution >= 4 is 34.7 Å². The fourth-order valence-corrected chi connectivity index (χ4v) is 3.03. The molecule has 0 saturated carbocycles. The van der Waals surface area contributed by atoms with E-state index in [4.69, 9.17) is 9.47 Å². The first-order valence-electron chi connectivity index (χ1n) is 8.98. The molecular weight excluding hydrogens is 390 g/mol. The van der Waals surface area contributed by atoms with E-state index in [0.29, 0.717) is 35.9 Å². The van der Waals surface area contributed by atoms with Gasteiger partial charge in [-0.15, -0.1) is 11.3 Å². The lowest BCUT2D eigenvalue weighted by Crippen LogP contribution is -2.26. The van der Waals surface area contributed by atoms with E-state index in [9.17, 15) is 9.59 Å². The van der Waals surface area contributed by atoms with Crippen LogP contribution in [0.5, 0.6) is 5.75 Å². The minimum absolute atomic E-state index is 0.254. The summed E-state index contributed by atoms with van der Waals surface area (Å²) < 4.78 is 10.7. The van der Waals surface area contributed by atoms with Crippen LogP contribution in [0.1, 0.15) is 23.0 Å². The van der Waals surface area contributed by atoms with Crippen LogP contribution in [0.4, 0.5) is 16.2 Å². The number of ether oxygens (including phenoxy) is 2. The molecule has 0 aliphatic rings. The second kappa shape index (κ2) is 9.70. The maximum Gasteiger partial charge on any atom is 0.413 e. The highest BCUT2D eigenvalue weighted by molar-refractivity contribution is 7.07. The van der Waals surface area contributed by atoms with E-state index in [0.717, 1.165) is 5.69 Å². The number of hydrogen-bond donors (Lipinski definition) is 1. The molecular formula is C21H21N3O4S. The van der Waals surface area contributed by atoms with E-state index in [1.165, 1.54) is 16.2 Å². The Hall–Kier alpha value is -3.39. The molecule has 0 fully saturated rings. The third kappa shape index (κ3) is 5.55. The van der Waals surface area contributed by atoms with Crippen LogP contribution in [-0.4, -0.2) is 30.6 Å². The van der Waals surface area contributed by atoms with Crippen molar-refractivity contribution in [3.05, 3.63) is 70.7 Å². The molecule has 0 aliphatic heterocycles. The van der Waals surface area contributed by atoms with Crippen LogP contribution in [0.25, 0.3) is 0 Å². The molecule has 3 rings (SSSR count). The zero-order valence-electron chi connectivity index (χ0n) is 16.1. The van der Waals surface area contributed by atoms with Gasteiger partial charge in [0.25, 0.3) is 5.91 Å². The van der Waals surface area contributed by atoms with E-state index in [1.54, 1.807) is 68.0 Å². The second-order valence-electron chi connectivity index (χ2n) is 6.06. The Labute approximate surface area is 172 Å². The molecule has 0 bridgehead atoms. The molecule has 2 aromatic carbocycles. The van der Waals surface area contributed by atoms with Crippen molar-refractivity contribution in [3.63, 3.8) is 0 Å². The standard InChI is InChI=1S/C21H21N3O4S/c1-3-27-21(26)24(2)18-9-7-16(8-10-18)23-20(25)15-5-4-6-19(11-15)28-12-17-13-29-14-22-17/h4-11,13-14H,3,12H2,1-2H3,(H,23,25). The van der Waals surface area contributed by atoms with Crippen LogP contribution in [0.15, 0.2) is 59.4 Å². The summed E-state index contributed by atoms with van der Waals surface area (Å²) in [7, 11) is 1.63. The number of rotatable bonds is 7. The molecule has 1 heterocycles. The van der Waals surface area contributed by atoms with Gasteiger partial charge in [0.15, 0.2) is 0 Å². The number of carbonyl (C=O) groups is 2. The Morgan fingerprint density at radius 3 is 2.66 bits per heavy atom. The summed E-state index contributed by atoms with van der Waals surface area (Å²) >= 11 is 1.51. The molecule has 2 amide bonds. The zero-order chi connectivity index (χ0) is 20.6. The maximum atomic E-state index is 12.5. The Kier molecular flexibility index (Phi) is 6.80. The van der Waals surface area contributed by atoms with Gasteiger partial charge in [-0.25, -0.2) is 9.78 Å². The number of hydrogen-bond acceptors (Lipinski definition) is 6. The monoisotopic (exact) mass is 411 g/mol. The molecule has 0 aliphatic carbocycles. The summed E-state index contributed by atoms with van der Waals surface area (Å²) in [5.41, 5.74) is 4.35. The Morgan fingerprint density at radius 1 is 1.17 bits per heavy atom. The number of aromatic nitrogens is 1. The van der Waals surface area contributed by atoms with Crippen molar-refractivity contribution in [3.8, 4) is 5.75 Å². The third-order valence-electron chi connectivity index (χ3n) is 4.02. The van der Waals surface area contributed by atoms with Crippen LogP contribution in [0.2, 0.25) is 0 Å². The van der Waals surface area contributed by atoms with Gasteiger partial charge in [-0.1, -0.05) is 6.07 Å². The Balaban J connectivity index is 1.61. The minimum Gasteiger partial charge on any atom is -0.487 e. The van der Waals surface area contributed by atoms with Crippen LogP contribution in [0, 0.1) is 0 Å². The molecule has 0 unspecified atom stereocenters. The first-order valence-corrected chi connectivity index (χ1v) is 9.93. The van der Waals surface area contributed by atoms with Crippen molar-refractivity contribution in [2.24, 2.45) is 0 Å². The van der Waals surface area contributed by atoms with E-state index < -0.39 is 6.09 Å². The minimum atomic E-state index is -0.432. The average molecular weight is 411 g/mol. The predicted octanol–water partition coefficient (Wildman–Crippen LogP) is 4.57. The number of nitrogens with one attached hydrogen (secondary N) is 1. The fourth-order valence-electron chi connectivity index (χ4n) is 2.49. The van der Waals surface area contributed by atoms with E-state index in [1.807, 2.05) is 5.38 Å². The van der Waals surface area contributed by atoms with Gasteiger partial charge >= 0.3 is 6.09 Å². The lowest BCUT2D eigenvalue weighted by Gasteiger charge is -2.17. The topological polar surface area (TPSA) is 80.8 Å². The number of benzene rings is 2. The Morgan fingerprint density at radius 2 is 1.97 bits per heavy atom. The van der Waals surface area contributed by atoms with Gasteiger partial charge in [0.1, 0.15) is 12.4 Å². The molecule has 150 valence electrons. The van der Waals surface area contributed by atoms with Gasteiger partial charge in [-0.2, -0.15) is 0 Å². The largest absolute Gasteiger partial charge is 0.487 e. The predicted molar refractivity (Wildman–Crippen MR) is 113 cm³/mol. The van der Waals surface area contributed by atoms with Gasteiger partial charge in [0, 0.05) is 29.4 Å². The average Bonchev–Trinajstić information content (AvgIpc) is 3.26. The number of thiazole rings is 1.